The van der Waals surface area contributed by atoms with Crippen molar-refractivity contribution < 1.29 is 32.3 Å². The van der Waals surface area contributed by atoms with Crippen molar-refractivity contribution in [1.82, 2.24) is 24.9 Å². The van der Waals surface area contributed by atoms with E-state index < -0.39 is 55.1 Å². The van der Waals surface area contributed by atoms with Crippen LogP contribution in [0.1, 0.15) is 109 Å². The normalized spacial score (nSPS) is 29.9. The van der Waals surface area contributed by atoms with Crippen molar-refractivity contribution in [3.63, 3.8) is 0 Å². The van der Waals surface area contributed by atoms with Gasteiger partial charge < -0.3 is 19.7 Å². The molecule has 7 rings (SSSR count). The topological polar surface area (TPSA) is 161 Å². The Morgan fingerprint density at radius 3 is 2.55 bits per heavy atom. The van der Waals surface area contributed by atoms with Crippen LogP contribution in [0.25, 0.3) is 26.4 Å². The summed E-state index contributed by atoms with van der Waals surface area (Å²) in [4.78, 5) is 59.3. The zero-order valence-electron chi connectivity index (χ0n) is 34.5. The zero-order valence-corrected chi connectivity index (χ0v) is 36.1. The first-order valence-electron chi connectivity index (χ1n) is 20.3. The molecule has 15 heteroatoms. The fraction of sp³-hybridized carbons (Fsp3) is 0.581. The van der Waals surface area contributed by atoms with Crippen LogP contribution in [0.3, 0.4) is 0 Å². The lowest BCUT2D eigenvalue weighted by molar-refractivity contribution is -0.136. The van der Waals surface area contributed by atoms with Gasteiger partial charge in [-0.1, -0.05) is 37.8 Å². The maximum Gasteiger partial charge on any atom is 0.360 e. The summed E-state index contributed by atoms with van der Waals surface area (Å²) in [5.41, 5.74) is -2.27. The van der Waals surface area contributed by atoms with Crippen molar-refractivity contribution in [1.29, 1.82) is 0 Å². The Kier molecular flexibility index (Phi) is 10.9. The Balaban J connectivity index is 1.33. The molecule has 310 valence electrons. The molecule has 0 radical (unpaired) electrons. The van der Waals surface area contributed by atoms with E-state index in [-0.39, 0.29) is 43.9 Å². The number of aryl methyl sites for hydroxylation is 1. The number of rotatable bonds is 8. The molecule has 2 N–H and O–H groups in total. The maximum atomic E-state index is 15.0. The molecular weight excluding hydrogens is 777 g/mol. The SMILES string of the molecule is C#[N+][C@]12CC[C@H](C[C@](C)(Oc3cc(-c4nc(C(C)C)cs4)nc4c(C)c(OC)ccc34)C1)C(=O)N(C)CCCC/C=C\[C@]1(C)C[C@@]1(C(=O)NS(=O)(=O)C1CC1)NC2=O. The van der Waals surface area contributed by atoms with Crippen LogP contribution in [0.2, 0.25) is 0 Å². The third-order valence-electron chi connectivity index (χ3n) is 12.7. The Bertz CT molecular complexity index is 2330. The number of carbonyl (C=O) groups is 3. The van der Waals surface area contributed by atoms with Crippen molar-refractivity contribution >= 4 is 50.0 Å². The highest BCUT2D eigenvalue weighted by atomic mass is 32.2. The van der Waals surface area contributed by atoms with E-state index in [1.807, 2.05) is 63.6 Å². The smallest absolute Gasteiger partial charge is 0.360 e. The highest BCUT2D eigenvalue weighted by Crippen LogP contribution is 2.58. The Morgan fingerprint density at radius 2 is 1.88 bits per heavy atom. The van der Waals surface area contributed by atoms with Crippen LogP contribution < -0.4 is 19.5 Å². The van der Waals surface area contributed by atoms with E-state index in [0.29, 0.717) is 53.9 Å². The molecule has 4 aliphatic rings. The molecule has 3 fully saturated rings. The second kappa shape index (κ2) is 15.2. The Labute approximate surface area is 345 Å². The number of methoxy groups -OCH3 is 1. The van der Waals surface area contributed by atoms with Crippen LogP contribution in [0.15, 0.2) is 35.7 Å². The van der Waals surface area contributed by atoms with Crippen molar-refractivity contribution in [2.75, 3.05) is 20.7 Å². The highest BCUT2D eigenvalue weighted by molar-refractivity contribution is 7.91. The van der Waals surface area contributed by atoms with Crippen molar-refractivity contribution in [2.45, 2.75) is 127 Å². The van der Waals surface area contributed by atoms with Gasteiger partial charge in [0.15, 0.2) is 0 Å². The molecule has 3 amide bonds. The summed E-state index contributed by atoms with van der Waals surface area (Å²) in [6.07, 6.45) is 7.84. The molecule has 0 saturated heterocycles. The molecule has 0 spiro atoms. The quantitative estimate of drug-likeness (QED) is 0.230. The standard InChI is InChI=1S/C43H54N6O7S2/c1-26(2)32-23-57-36(46-32)31-21-34(30-15-16-33(55-8)27(3)35(30)45-31)56-41(5)22-28-17-19-42(25-41,44-6)38(51)47-43(39(52)48-58(53,54)29-13-14-29)24-40(43,4)18-11-9-10-12-20-49(7)37(28)50/h6,11,15-16,18,21,23,26,28-29H,9-10,12-14,17,19-20,22,24-25H2,1-5,7-8H3,(H-,47,48,51,52)/p+1/b18-11-/t28-,40-,41+,42-,43+/m1/s1. The van der Waals surface area contributed by atoms with Gasteiger partial charge in [-0.3, -0.25) is 19.1 Å². The van der Waals surface area contributed by atoms with Crippen molar-refractivity contribution in [2.24, 2.45) is 11.3 Å². The molecule has 1 aromatic carbocycles. The number of thiazole rings is 1. The number of sulfonamides is 1. The third kappa shape index (κ3) is 7.70. The van der Waals surface area contributed by atoms with Gasteiger partial charge in [-0.25, -0.2) is 18.4 Å². The van der Waals surface area contributed by atoms with Crippen molar-refractivity contribution in [3.05, 3.63) is 51.8 Å². The number of allylic oxidation sites excluding steroid dienone is 1. The number of benzene rings is 1. The van der Waals surface area contributed by atoms with Crippen LogP contribution in [0.5, 0.6) is 11.5 Å². The molecule has 58 heavy (non-hydrogen) atoms. The molecule has 3 saturated carbocycles. The van der Waals surface area contributed by atoms with Crippen LogP contribution in [0, 0.1) is 24.8 Å². The molecule has 1 aliphatic heterocycles. The number of pyridine rings is 1. The molecule has 13 nitrogen and oxygen atoms in total. The average molecular weight is 832 g/mol. The molecule has 2 aromatic heterocycles. The van der Waals surface area contributed by atoms with Gasteiger partial charge in [0.2, 0.25) is 15.9 Å². The lowest BCUT2D eigenvalue weighted by atomic mass is 9.82. The largest absolute Gasteiger partial charge is 0.496 e. The van der Waals surface area contributed by atoms with Gasteiger partial charge in [-0.05, 0) is 83.3 Å². The Morgan fingerprint density at radius 1 is 1.12 bits per heavy atom. The summed E-state index contributed by atoms with van der Waals surface area (Å²) in [6, 6.07) is 5.60. The highest BCUT2D eigenvalue weighted by Gasteiger charge is 2.72. The van der Waals surface area contributed by atoms with E-state index in [2.05, 4.69) is 28.7 Å². The monoisotopic (exact) mass is 831 g/mol. The first-order chi connectivity index (χ1) is 27.4. The van der Waals surface area contributed by atoms with Crippen LogP contribution in [0.4, 0.5) is 0 Å². The molecule has 5 atom stereocenters. The second-order valence-electron chi connectivity index (χ2n) is 17.6. The predicted octanol–water partition coefficient (Wildman–Crippen LogP) is 6.90. The summed E-state index contributed by atoms with van der Waals surface area (Å²) < 4.78 is 41.2. The summed E-state index contributed by atoms with van der Waals surface area (Å²) in [5.74, 6) is -0.658. The number of hydrogen-bond acceptors (Lipinski definition) is 10. The molecular formula is C43H55N6O7S2+. The zero-order chi connectivity index (χ0) is 41.8. The number of amides is 3. The summed E-state index contributed by atoms with van der Waals surface area (Å²) in [5, 5.41) is 5.83. The Hall–Kier alpha value is -4.55. The van der Waals surface area contributed by atoms with Crippen LogP contribution >= 0.6 is 11.3 Å². The summed E-state index contributed by atoms with van der Waals surface area (Å²) >= 11 is 1.49. The van der Waals surface area contributed by atoms with Crippen molar-refractivity contribution in [3.8, 4) is 28.8 Å². The number of aromatic nitrogens is 2. The first-order valence-corrected chi connectivity index (χ1v) is 22.7. The minimum absolute atomic E-state index is 0.0382. The molecule has 2 bridgehead atoms. The first kappa shape index (κ1) is 41.6. The maximum absolute atomic E-state index is 15.0. The second-order valence-corrected chi connectivity index (χ2v) is 20.5. The van der Waals surface area contributed by atoms with Gasteiger partial charge in [0.1, 0.15) is 33.3 Å². The minimum atomic E-state index is -3.92. The van der Waals surface area contributed by atoms with Gasteiger partial charge in [0, 0.05) is 53.7 Å². The fourth-order valence-corrected chi connectivity index (χ4v) is 11.1. The fourth-order valence-electron chi connectivity index (χ4n) is 8.85. The number of nitrogens with zero attached hydrogens (tertiary/aromatic N) is 4. The van der Waals surface area contributed by atoms with Gasteiger partial charge in [-0.15, -0.1) is 11.3 Å². The lowest BCUT2D eigenvalue weighted by Gasteiger charge is -2.34. The summed E-state index contributed by atoms with van der Waals surface area (Å²) in [6.45, 7) is 16.7. The summed E-state index contributed by atoms with van der Waals surface area (Å²) in [7, 11) is -0.500. The van der Waals surface area contributed by atoms with Gasteiger partial charge >= 0.3 is 11.4 Å². The molecule has 3 aromatic rings. The number of nitrogens with one attached hydrogen (secondary N) is 2. The van der Waals surface area contributed by atoms with E-state index in [1.165, 1.54) is 11.3 Å². The predicted molar refractivity (Wildman–Crippen MR) is 225 cm³/mol. The molecule has 0 unspecified atom stereocenters. The molecule has 3 heterocycles. The van der Waals surface area contributed by atoms with Crippen LogP contribution in [-0.2, 0) is 24.4 Å². The number of fused-ring (bicyclic) bond motifs is 5. The van der Waals surface area contributed by atoms with E-state index >= 15 is 0 Å². The van der Waals surface area contributed by atoms with Gasteiger partial charge in [0.05, 0.1) is 30.0 Å². The third-order valence-corrected chi connectivity index (χ3v) is 15.4. The minimum Gasteiger partial charge on any atom is -0.496 e. The van der Waals surface area contributed by atoms with Gasteiger partial charge in [0.25, 0.3) is 12.5 Å². The molecule has 3 aliphatic carbocycles. The van der Waals surface area contributed by atoms with E-state index in [0.717, 1.165) is 29.1 Å². The van der Waals surface area contributed by atoms with Crippen LogP contribution in [-0.4, -0.2) is 83.6 Å². The van der Waals surface area contributed by atoms with E-state index in [4.69, 9.17) is 26.0 Å². The van der Waals surface area contributed by atoms with Gasteiger partial charge in [-0.2, -0.15) is 0 Å². The lowest BCUT2D eigenvalue weighted by Crippen LogP contribution is -2.59. The average Bonchev–Trinajstić information content (AvgIpc) is 4.08. The number of carbonyl (C=O) groups excluding carboxylic acids is 3. The number of ether oxygens (including phenoxy) is 2. The number of hydrogen-bond donors (Lipinski definition) is 2. The van der Waals surface area contributed by atoms with E-state index in [1.54, 1.807) is 12.0 Å². The van der Waals surface area contributed by atoms with E-state index in [9.17, 15) is 22.8 Å².